The van der Waals surface area contributed by atoms with E-state index in [1.165, 1.54) is 43.1 Å². The molecule has 4 atom stereocenters. The van der Waals surface area contributed by atoms with Crippen LogP contribution in [0.15, 0.2) is 34.8 Å². The predicted octanol–water partition coefficient (Wildman–Crippen LogP) is 1.36. The van der Waals surface area contributed by atoms with Gasteiger partial charge in [-0.2, -0.15) is 13.2 Å². The third-order valence-electron chi connectivity index (χ3n) is 7.95. The van der Waals surface area contributed by atoms with Gasteiger partial charge in [-0.05, 0) is 57.6 Å². The Hall–Kier alpha value is -3.86. The lowest BCUT2D eigenvalue weighted by atomic mass is 9.58. The van der Waals surface area contributed by atoms with Gasteiger partial charge >= 0.3 is 6.18 Å². The van der Waals surface area contributed by atoms with Crippen LogP contribution in [0.1, 0.15) is 34.3 Å². The fourth-order valence-electron chi connectivity index (χ4n) is 6.03. The van der Waals surface area contributed by atoms with Gasteiger partial charge < -0.3 is 26.2 Å². The van der Waals surface area contributed by atoms with Gasteiger partial charge in [0.05, 0.1) is 24.6 Å². The van der Waals surface area contributed by atoms with Crippen molar-refractivity contribution in [1.29, 1.82) is 0 Å². The number of Topliss-reactive ketones (excluding diaryl/α,β-unsaturated/α-hetero) is 2. The fourth-order valence-corrected chi connectivity index (χ4v) is 6.03. The van der Waals surface area contributed by atoms with E-state index in [2.05, 4.69) is 11.8 Å². The van der Waals surface area contributed by atoms with Gasteiger partial charge in [-0.3, -0.25) is 24.2 Å². The summed E-state index contributed by atoms with van der Waals surface area (Å²) in [7, 11) is 4.55. The molecule has 4 rings (SSSR count). The summed E-state index contributed by atoms with van der Waals surface area (Å²) >= 11 is 0. The second-order valence-corrected chi connectivity index (χ2v) is 10.9. The van der Waals surface area contributed by atoms with E-state index in [-0.39, 0.29) is 37.1 Å². The Labute approximate surface area is 233 Å². The summed E-state index contributed by atoms with van der Waals surface area (Å²) < 4.78 is 37.5. The van der Waals surface area contributed by atoms with Gasteiger partial charge in [0, 0.05) is 23.6 Å². The number of amides is 1. The van der Waals surface area contributed by atoms with E-state index in [4.69, 9.17) is 5.73 Å². The lowest BCUT2D eigenvalue weighted by molar-refractivity contribution is -0.148. The molecule has 0 saturated carbocycles. The molecule has 0 aromatic heterocycles. The summed E-state index contributed by atoms with van der Waals surface area (Å²) in [6.45, 7) is -0.251. The number of rotatable bonds is 5. The Balaban J connectivity index is 1.76. The molecule has 3 aliphatic carbocycles. The minimum Gasteiger partial charge on any atom is -0.510 e. The molecule has 13 heteroatoms. The Morgan fingerprint density at radius 1 is 1.17 bits per heavy atom. The molecule has 220 valence electrons. The van der Waals surface area contributed by atoms with Gasteiger partial charge in [0.2, 0.25) is 5.78 Å². The van der Waals surface area contributed by atoms with Crippen LogP contribution in [0.25, 0.3) is 0 Å². The zero-order valence-electron chi connectivity index (χ0n) is 22.5. The van der Waals surface area contributed by atoms with E-state index in [0.29, 0.717) is 11.1 Å². The Kier molecular flexibility index (Phi) is 7.72. The lowest BCUT2D eigenvalue weighted by Gasteiger charge is -2.50. The van der Waals surface area contributed by atoms with Crippen LogP contribution in [0.3, 0.4) is 0 Å². The predicted molar refractivity (Wildman–Crippen MR) is 139 cm³/mol. The molecule has 1 aromatic rings. The first kappa shape index (κ1) is 30.1. The number of phenols is 1. The van der Waals surface area contributed by atoms with Crippen molar-refractivity contribution in [2.45, 2.75) is 37.1 Å². The van der Waals surface area contributed by atoms with Crippen molar-refractivity contribution in [1.82, 2.24) is 9.80 Å². The number of carbonyl (C=O) groups excluding carboxylic acids is 3. The normalized spacial score (nSPS) is 26.0. The SMILES string of the molecule is CN(CC#Cc1ccc(O)c2c1C[C@H]1C[C@H]3[C@H](N(C)C)C(O)=C(C(N)=O)C(=O)[C@@]3(O)C(O)=C1C2=O)CCC(F)(F)F. The molecule has 41 heavy (non-hydrogen) atoms. The molecule has 6 N–H and O–H groups in total. The van der Waals surface area contributed by atoms with Gasteiger partial charge in [-0.25, -0.2) is 0 Å². The maximum absolute atomic E-state index is 13.7. The third-order valence-corrected chi connectivity index (χ3v) is 7.95. The zero-order chi connectivity index (χ0) is 30.6. The van der Waals surface area contributed by atoms with E-state index in [9.17, 15) is 48.0 Å². The first-order valence-electron chi connectivity index (χ1n) is 12.7. The number of benzene rings is 1. The molecule has 10 nitrogen and oxygen atoms in total. The number of carbonyl (C=O) groups is 3. The Bertz CT molecular complexity index is 1450. The number of likely N-dealkylation sites (N-methyl/N-ethyl adjacent to an activating group) is 1. The molecule has 0 fully saturated rings. The van der Waals surface area contributed by atoms with E-state index in [1.54, 1.807) is 0 Å². The monoisotopic (exact) mass is 577 g/mol. The molecular formula is C28H30F3N3O7. The van der Waals surface area contributed by atoms with Crippen molar-refractivity contribution in [3.8, 4) is 17.6 Å². The van der Waals surface area contributed by atoms with Crippen LogP contribution in [0.4, 0.5) is 13.2 Å². The number of nitrogens with zero attached hydrogens (tertiary/aromatic N) is 2. The van der Waals surface area contributed by atoms with Gasteiger partial charge in [0.15, 0.2) is 11.4 Å². The molecule has 0 saturated heterocycles. The van der Waals surface area contributed by atoms with Crippen LogP contribution in [-0.4, -0.2) is 99.8 Å². The number of primary amides is 1. The van der Waals surface area contributed by atoms with Crippen molar-refractivity contribution < 1.29 is 48.0 Å². The standard InChI is InChI=1S/C28H30F3N3O7/c1-33(2)21-16-12-14-11-15-13(5-4-9-34(3)10-8-27(29,30)31)6-7-17(35)19(15)22(36)18(14)24(38)28(16,41)25(39)20(23(21)37)26(32)40/h6-7,14,16,21,35,37-38,41H,8-12H2,1-3H3,(H2,32,40)/t14-,16-,21-,28-/m0/s1. The number of aliphatic hydroxyl groups excluding tert-OH is 2. The number of alkyl halides is 3. The summed E-state index contributed by atoms with van der Waals surface area (Å²) in [5.74, 6) is -1.85. The van der Waals surface area contributed by atoms with Crippen molar-refractivity contribution in [2.75, 3.05) is 34.2 Å². The highest BCUT2D eigenvalue weighted by atomic mass is 19.4. The second kappa shape index (κ2) is 10.5. The molecule has 3 aliphatic rings. The van der Waals surface area contributed by atoms with E-state index >= 15 is 0 Å². The van der Waals surface area contributed by atoms with Crippen LogP contribution in [0, 0.1) is 23.7 Å². The van der Waals surface area contributed by atoms with Crippen LogP contribution in [0.2, 0.25) is 0 Å². The molecule has 0 unspecified atom stereocenters. The highest BCUT2D eigenvalue weighted by molar-refractivity contribution is 6.24. The number of nitrogens with two attached hydrogens (primary N) is 1. The maximum Gasteiger partial charge on any atom is 0.390 e. The minimum atomic E-state index is -4.30. The third kappa shape index (κ3) is 5.07. The van der Waals surface area contributed by atoms with E-state index < -0.39 is 76.4 Å². The van der Waals surface area contributed by atoms with Crippen LogP contribution >= 0.6 is 0 Å². The molecule has 1 aromatic carbocycles. The fraction of sp³-hybridized carbons (Fsp3) is 0.464. The van der Waals surface area contributed by atoms with Gasteiger partial charge in [-0.15, -0.1) is 0 Å². The van der Waals surface area contributed by atoms with Crippen molar-refractivity contribution in [3.05, 3.63) is 51.5 Å². The molecular weight excluding hydrogens is 547 g/mol. The topological polar surface area (TPSA) is 165 Å². The van der Waals surface area contributed by atoms with Gasteiger partial charge in [0.1, 0.15) is 22.8 Å². The second-order valence-electron chi connectivity index (χ2n) is 10.9. The van der Waals surface area contributed by atoms with Crippen molar-refractivity contribution in [3.63, 3.8) is 0 Å². The zero-order valence-corrected chi connectivity index (χ0v) is 22.5. The maximum atomic E-state index is 13.7. The number of hydrogen-bond acceptors (Lipinski definition) is 9. The van der Waals surface area contributed by atoms with Crippen molar-refractivity contribution >= 4 is 17.5 Å². The highest BCUT2D eigenvalue weighted by Crippen LogP contribution is 2.52. The number of halogens is 3. The van der Waals surface area contributed by atoms with Crippen LogP contribution in [0.5, 0.6) is 5.75 Å². The number of ketones is 2. The summed E-state index contributed by atoms with van der Waals surface area (Å²) in [4.78, 5) is 41.9. The summed E-state index contributed by atoms with van der Waals surface area (Å²) in [6, 6.07) is 1.57. The van der Waals surface area contributed by atoms with Crippen molar-refractivity contribution in [2.24, 2.45) is 17.6 Å². The molecule has 0 bridgehead atoms. The molecule has 0 radical (unpaired) electrons. The largest absolute Gasteiger partial charge is 0.510 e. The molecule has 1 amide bonds. The number of allylic oxidation sites excluding steroid dienone is 1. The first-order chi connectivity index (χ1) is 19.0. The molecule has 0 spiro atoms. The quantitative estimate of drug-likeness (QED) is 0.257. The molecule has 0 heterocycles. The van der Waals surface area contributed by atoms with Gasteiger partial charge in [0.25, 0.3) is 5.91 Å². The van der Waals surface area contributed by atoms with Crippen LogP contribution < -0.4 is 5.73 Å². The summed E-state index contributed by atoms with van der Waals surface area (Å²) in [5.41, 5.74) is 1.89. The molecule has 0 aliphatic heterocycles. The number of phenolic OH excluding ortho intramolecular Hbond substituents is 1. The number of aromatic hydroxyl groups is 1. The number of aliphatic hydroxyl groups is 3. The Morgan fingerprint density at radius 2 is 1.83 bits per heavy atom. The lowest BCUT2D eigenvalue weighted by Crippen LogP contribution is -2.63. The van der Waals surface area contributed by atoms with Gasteiger partial charge in [-0.1, -0.05) is 11.8 Å². The number of hydrogen-bond donors (Lipinski definition) is 5. The Morgan fingerprint density at radius 3 is 2.41 bits per heavy atom. The number of fused-ring (bicyclic) bond motifs is 3. The van der Waals surface area contributed by atoms with E-state index in [0.717, 1.165) is 0 Å². The smallest absolute Gasteiger partial charge is 0.390 e. The summed E-state index contributed by atoms with van der Waals surface area (Å²) in [6.07, 6.45) is -5.32. The summed E-state index contributed by atoms with van der Waals surface area (Å²) in [5, 5.41) is 44.3. The highest BCUT2D eigenvalue weighted by Gasteiger charge is 2.63. The van der Waals surface area contributed by atoms with Crippen LogP contribution in [-0.2, 0) is 16.0 Å². The first-order valence-corrected chi connectivity index (χ1v) is 12.7. The minimum absolute atomic E-state index is 0.00455. The average Bonchev–Trinajstić information content (AvgIpc) is 2.85. The average molecular weight is 578 g/mol. The van der Waals surface area contributed by atoms with E-state index in [1.807, 2.05) is 0 Å².